The van der Waals surface area contributed by atoms with E-state index in [4.69, 9.17) is 27.7 Å². The lowest BCUT2D eigenvalue weighted by Crippen LogP contribution is -2.66. The SMILES string of the molecule is CC(C)CC1CC(c2onc([C@@H](CCCO[Si](c3ccccc3)(c3ccccc3)C(C)(C)C)CC(=O)OC(C)(C)C)c2I)C1.CO/N=C(\C#CC1CC(CC(C)C)C1)[C@@H](CCCO[Si](c1ccccc1)(c1ccccc1)C(C)(C)C)CC(=O)OC(C)(C)C. The summed E-state index contributed by atoms with van der Waals surface area (Å²) in [4.78, 5) is 31.4. The van der Waals surface area contributed by atoms with E-state index in [1.807, 2.05) is 41.5 Å². The summed E-state index contributed by atoms with van der Waals surface area (Å²) in [6.45, 7) is 35.5. The quantitative estimate of drug-likeness (QED) is 0.0101. The molecule has 0 N–H and O–H groups in total. The van der Waals surface area contributed by atoms with Gasteiger partial charge in [0.05, 0.1) is 16.4 Å². The van der Waals surface area contributed by atoms with E-state index in [1.54, 1.807) is 7.11 Å². The molecule has 0 bridgehead atoms. The lowest BCUT2D eigenvalue weighted by molar-refractivity contribution is -0.156. The maximum absolute atomic E-state index is 13.1. The van der Waals surface area contributed by atoms with Crippen molar-refractivity contribution in [2.24, 2.45) is 40.7 Å². The molecule has 2 atom stereocenters. The molecule has 2 aliphatic carbocycles. The number of oxime groups is 1. The van der Waals surface area contributed by atoms with Crippen LogP contribution in [0.5, 0.6) is 0 Å². The molecule has 2 aliphatic rings. The van der Waals surface area contributed by atoms with Crippen LogP contribution >= 0.6 is 22.6 Å². The number of carbonyl (C=O) groups is 2. The Balaban J connectivity index is 0.000000281. The first-order valence-corrected chi connectivity index (χ1v) is 37.6. The summed E-state index contributed by atoms with van der Waals surface area (Å²) in [6.07, 6.45) is 10.6. The molecule has 10 nitrogen and oxygen atoms in total. The second kappa shape index (κ2) is 32.4. The molecular formula is C75H107IN2O8Si2. The molecule has 1 aromatic heterocycles. The molecule has 2 fully saturated rings. The van der Waals surface area contributed by atoms with Gasteiger partial charge in [-0.3, -0.25) is 9.59 Å². The lowest BCUT2D eigenvalue weighted by Gasteiger charge is -2.43. The molecule has 13 heteroatoms. The van der Waals surface area contributed by atoms with Gasteiger partial charge in [0.25, 0.3) is 16.6 Å². The van der Waals surface area contributed by atoms with Crippen molar-refractivity contribution in [3.05, 3.63) is 136 Å². The number of nitrogens with zero attached hydrogens (tertiary/aromatic N) is 2. The Morgan fingerprint density at radius 3 is 1.39 bits per heavy atom. The van der Waals surface area contributed by atoms with Crippen molar-refractivity contribution in [3.63, 3.8) is 0 Å². The Morgan fingerprint density at radius 2 is 1.00 bits per heavy atom. The summed E-state index contributed by atoms with van der Waals surface area (Å²) < 4.78 is 32.9. The number of halogens is 1. The van der Waals surface area contributed by atoms with E-state index in [0.29, 0.717) is 43.1 Å². The maximum Gasteiger partial charge on any atom is 0.307 e. The van der Waals surface area contributed by atoms with E-state index >= 15 is 0 Å². The molecule has 0 aliphatic heterocycles. The predicted molar refractivity (Wildman–Crippen MR) is 375 cm³/mol. The smallest absolute Gasteiger partial charge is 0.307 e. The van der Waals surface area contributed by atoms with E-state index < -0.39 is 27.8 Å². The van der Waals surface area contributed by atoms with E-state index in [-0.39, 0.29) is 46.7 Å². The molecular weight excluding hydrogens is 1240 g/mol. The Morgan fingerprint density at radius 1 is 0.602 bits per heavy atom. The monoisotopic (exact) mass is 1350 g/mol. The van der Waals surface area contributed by atoms with E-state index in [2.05, 4.69) is 235 Å². The molecule has 0 unspecified atom stereocenters. The van der Waals surface area contributed by atoms with Crippen LogP contribution in [-0.4, -0.2) is 71.0 Å². The van der Waals surface area contributed by atoms with E-state index in [9.17, 15) is 9.59 Å². The van der Waals surface area contributed by atoms with Crippen molar-refractivity contribution in [3.8, 4) is 11.8 Å². The molecule has 5 aromatic rings. The van der Waals surface area contributed by atoms with Gasteiger partial charge in [-0.25, -0.2) is 0 Å². The third-order valence-corrected chi connectivity index (χ3v) is 28.2. The van der Waals surface area contributed by atoms with Gasteiger partial charge in [0, 0.05) is 36.9 Å². The molecule has 88 heavy (non-hydrogen) atoms. The number of rotatable bonds is 26. The second-order valence-electron chi connectivity index (χ2n) is 29.8. The third kappa shape index (κ3) is 20.3. The van der Waals surface area contributed by atoms with E-state index in [0.717, 1.165) is 77.7 Å². The zero-order chi connectivity index (χ0) is 64.5. The highest BCUT2D eigenvalue weighted by molar-refractivity contribution is 14.1. The molecule has 1 heterocycles. The predicted octanol–water partition coefficient (Wildman–Crippen LogP) is 16.8. The highest BCUT2D eigenvalue weighted by Gasteiger charge is 2.51. The fourth-order valence-corrected chi connectivity index (χ4v) is 23.6. The number of carbonyl (C=O) groups excluding carboxylic acids is 2. The van der Waals surface area contributed by atoms with Crippen molar-refractivity contribution in [1.29, 1.82) is 0 Å². The van der Waals surface area contributed by atoms with Crippen molar-refractivity contribution >= 4 is 77.6 Å². The van der Waals surface area contributed by atoms with Gasteiger partial charge in [-0.2, -0.15) is 0 Å². The highest BCUT2D eigenvalue weighted by atomic mass is 127. The van der Waals surface area contributed by atoms with Crippen LogP contribution in [0, 0.1) is 50.9 Å². The molecule has 0 amide bonds. The highest BCUT2D eigenvalue weighted by Crippen LogP contribution is 2.48. The number of hydrogen-bond acceptors (Lipinski definition) is 10. The van der Waals surface area contributed by atoms with Crippen LogP contribution in [-0.2, 0) is 32.8 Å². The van der Waals surface area contributed by atoms with Gasteiger partial charge in [0.15, 0.2) is 5.76 Å². The normalized spacial score (nSPS) is 18.2. The van der Waals surface area contributed by atoms with Crippen molar-refractivity contribution in [2.45, 2.75) is 221 Å². The minimum absolute atomic E-state index is 0.0851. The largest absolute Gasteiger partial charge is 0.460 e. The summed E-state index contributed by atoms with van der Waals surface area (Å²) in [5.74, 6) is 10.8. The molecule has 2 saturated carbocycles. The van der Waals surface area contributed by atoms with Crippen molar-refractivity contribution in [2.75, 3.05) is 20.3 Å². The molecule has 0 saturated heterocycles. The van der Waals surface area contributed by atoms with Crippen LogP contribution < -0.4 is 20.7 Å². The van der Waals surface area contributed by atoms with Crippen molar-refractivity contribution < 1.29 is 37.3 Å². The van der Waals surface area contributed by atoms with Gasteiger partial charge < -0.3 is 27.7 Å². The third-order valence-electron chi connectivity index (χ3n) is 17.0. The van der Waals surface area contributed by atoms with Gasteiger partial charge in [-0.15, -0.1) is 0 Å². The number of hydrogen-bond donors (Lipinski definition) is 0. The van der Waals surface area contributed by atoms with Crippen LogP contribution in [0.4, 0.5) is 0 Å². The van der Waals surface area contributed by atoms with Gasteiger partial charge in [0.1, 0.15) is 29.7 Å². The molecule has 4 aromatic carbocycles. The zero-order valence-electron chi connectivity index (χ0n) is 56.6. The topological polar surface area (TPSA) is 119 Å². The summed E-state index contributed by atoms with van der Waals surface area (Å²) in [5.41, 5.74) is 0.420. The zero-order valence-corrected chi connectivity index (χ0v) is 60.8. The lowest BCUT2D eigenvalue weighted by atomic mass is 9.70. The van der Waals surface area contributed by atoms with Crippen LogP contribution in [0.2, 0.25) is 10.1 Å². The number of esters is 2. The minimum atomic E-state index is -2.65. The van der Waals surface area contributed by atoms with Gasteiger partial charge in [0.2, 0.25) is 0 Å². The van der Waals surface area contributed by atoms with Crippen LogP contribution in [0.1, 0.15) is 211 Å². The Labute approximate surface area is 546 Å². The fraction of sp³-hybridized carbons (Fsp3) is 0.573. The Bertz CT molecular complexity index is 2930. The van der Waals surface area contributed by atoms with E-state index in [1.165, 1.54) is 33.6 Å². The van der Waals surface area contributed by atoms with Crippen LogP contribution in [0.3, 0.4) is 0 Å². The summed E-state index contributed by atoms with van der Waals surface area (Å²) in [6, 6.07) is 42.9. The molecule has 7 rings (SSSR count). The first-order valence-electron chi connectivity index (χ1n) is 32.7. The Hall–Kier alpha value is -4.86. The van der Waals surface area contributed by atoms with Crippen LogP contribution in [0.15, 0.2) is 131 Å². The minimum Gasteiger partial charge on any atom is -0.460 e. The molecule has 0 spiro atoms. The van der Waals surface area contributed by atoms with Gasteiger partial charge in [-0.05, 0) is 189 Å². The van der Waals surface area contributed by atoms with Crippen molar-refractivity contribution in [1.82, 2.24) is 5.16 Å². The first-order chi connectivity index (χ1) is 41.5. The number of benzene rings is 4. The average molecular weight is 1350 g/mol. The Kier molecular flexibility index (Phi) is 26.6. The van der Waals surface area contributed by atoms with Crippen LogP contribution in [0.25, 0.3) is 0 Å². The van der Waals surface area contributed by atoms with Gasteiger partial charge in [-0.1, -0.05) is 207 Å². The number of ether oxygens (including phenoxy) is 2. The standard InChI is InChI=1S/C38H55NO4Si.C37H52INO4Si/c1-29(2)25-31-26-30(27-31)22-23-35(39-41-9)32(28-36(40)43-37(3,4)5)17-16-24-42-44(38(6,7)8,33-18-12-10-13-19-33)34-20-14-11-15-21-34;1-26(2)22-27-23-29(24-27)35-33(38)34(39-43-35)28(25-32(40)42-36(3,4)5)16-15-21-41-44(37(6,7)8,30-17-11-9-12-18-30)31-19-13-10-14-20-31/h10-15,18-21,29-32H,16-17,24-28H2,1-9H3;9-14,17-20,26-29H,15-16,21-25H2,1-8H3/b39-35+;/t30?,31?,32-;27?,28-,29?/m00/s1. The van der Waals surface area contributed by atoms with Gasteiger partial charge >= 0.3 is 11.9 Å². The molecule has 480 valence electrons. The maximum atomic E-state index is 13.1. The first kappa shape index (κ1) is 72.2. The summed E-state index contributed by atoms with van der Waals surface area (Å²) in [5, 5.41) is 13.8. The number of aromatic nitrogens is 1. The average Bonchev–Trinajstić information content (AvgIpc) is 1.00. The summed E-state index contributed by atoms with van der Waals surface area (Å²) in [7, 11) is -3.74. The molecule has 0 radical (unpaired) electrons. The second-order valence-corrected chi connectivity index (χ2v) is 39.5. The fourth-order valence-electron chi connectivity index (χ4n) is 13.3. The summed E-state index contributed by atoms with van der Waals surface area (Å²) >= 11 is 2.40.